The zero-order valence-electron chi connectivity index (χ0n) is 13.7. The number of hydrogen-bond donors (Lipinski definition) is 0. The Labute approximate surface area is 138 Å². The molecule has 0 saturated carbocycles. The van der Waals surface area contributed by atoms with Gasteiger partial charge in [-0.1, -0.05) is 6.07 Å². The Kier molecular flexibility index (Phi) is 6.16. The van der Waals surface area contributed by atoms with Crippen LogP contribution in [0.3, 0.4) is 0 Å². The lowest BCUT2D eigenvalue weighted by Gasteiger charge is -2.10. The van der Waals surface area contributed by atoms with E-state index in [1.807, 2.05) is 0 Å². The number of benzene rings is 1. The third kappa shape index (κ3) is 4.63. The summed E-state index contributed by atoms with van der Waals surface area (Å²) in [4.78, 5) is 34.0. The summed E-state index contributed by atoms with van der Waals surface area (Å²) in [7, 11) is 4.32. The van der Waals surface area contributed by atoms with Crippen molar-refractivity contribution in [2.45, 2.75) is 6.92 Å². The highest BCUT2D eigenvalue weighted by atomic mass is 16.6. The van der Waals surface area contributed by atoms with Crippen LogP contribution in [0.2, 0.25) is 0 Å². The highest BCUT2D eigenvalue weighted by Gasteiger charge is 2.25. The SMILES string of the molecule is COC(=O)/C(=C/C(=C/N(C)C)c1ccc(C)cc1[N+](=O)[O-])[N+](=O)[O-]. The van der Waals surface area contributed by atoms with E-state index in [0.717, 1.165) is 13.2 Å². The lowest BCUT2D eigenvalue weighted by molar-refractivity contribution is -0.421. The second kappa shape index (κ2) is 7.86. The molecule has 1 aromatic carbocycles. The minimum Gasteiger partial charge on any atom is -0.461 e. The molecule has 0 bridgehead atoms. The Morgan fingerprint density at radius 3 is 2.33 bits per heavy atom. The average molecular weight is 335 g/mol. The van der Waals surface area contributed by atoms with Crippen LogP contribution in [0.25, 0.3) is 5.57 Å². The molecule has 128 valence electrons. The Balaban J connectivity index is 3.64. The van der Waals surface area contributed by atoms with Crippen LogP contribution in [0.1, 0.15) is 11.1 Å². The summed E-state index contributed by atoms with van der Waals surface area (Å²) in [5, 5.41) is 22.4. The van der Waals surface area contributed by atoms with Gasteiger partial charge in [0.1, 0.15) is 0 Å². The fourth-order valence-corrected chi connectivity index (χ4v) is 1.94. The molecule has 9 heteroatoms. The van der Waals surface area contributed by atoms with Crippen LogP contribution in [0.5, 0.6) is 0 Å². The van der Waals surface area contributed by atoms with Gasteiger partial charge in [-0.25, -0.2) is 4.79 Å². The molecule has 0 aliphatic heterocycles. The summed E-state index contributed by atoms with van der Waals surface area (Å²) >= 11 is 0. The number of carbonyl (C=O) groups is 1. The fourth-order valence-electron chi connectivity index (χ4n) is 1.94. The Bertz CT molecular complexity index is 737. The van der Waals surface area contributed by atoms with E-state index >= 15 is 0 Å². The number of esters is 1. The molecule has 0 heterocycles. The number of nitrogens with zero attached hydrogens (tertiary/aromatic N) is 3. The molecule has 0 saturated heterocycles. The van der Waals surface area contributed by atoms with Crippen molar-refractivity contribution in [3.63, 3.8) is 0 Å². The normalized spacial score (nSPS) is 11.8. The second-order valence-corrected chi connectivity index (χ2v) is 5.10. The fraction of sp³-hybridized carbons (Fsp3) is 0.267. The van der Waals surface area contributed by atoms with Gasteiger partial charge in [0, 0.05) is 38.0 Å². The maximum absolute atomic E-state index is 11.6. The number of methoxy groups -OCH3 is 1. The van der Waals surface area contributed by atoms with Gasteiger partial charge in [0.05, 0.1) is 22.5 Å². The van der Waals surface area contributed by atoms with Crippen LogP contribution in [0.15, 0.2) is 36.2 Å². The molecule has 1 aromatic rings. The Hall–Kier alpha value is -3.23. The molecule has 0 aliphatic rings. The first-order chi connectivity index (χ1) is 11.2. The predicted octanol–water partition coefficient (Wildman–Crippen LogP) is 2.14. The summed E-state index contributed by atoms with van der Waals surface area (Å²) in [5.74, 6) is -1.14. The number of aryl methyl sites for hydroxylation is 1. The van der Waals surface area contributed by atoms with Crippen molar-refractivity contribution in [1.29, 1.82) is 0 Å². The van der Waals surface area contributed by atoms with Crippen molar-refractivity contribution in [2.24, 2.45) is 0 Å². The number of ether oxygens (including phenoxy) is 1. The summed E-state index contributed by atoms with van der Waals surface area (Å²) < 4.78 is 4.39. The Morgan fingerprint density at radius 2 is 1.88 bits per heavy atom. The van der Waals surface area contributed by atoms with Gasteiger partial charge in [0.15, 0.2) is 0 Å². The quantitative estimate of drug-likeness (QED) is 0.257. The van der Waals surface area contributed by atoms with E-state index in [2.05, 4.69) is 4.74 Å². The van der Waals surface area contributed by atoms with E-state index in [-0.39, 0.29) is 16.8 Å². The number of nitro groups is 2. The first kappa shape index (κ1) is 18.8. The molecule has 0 atom stereocenters. The van der Waals surface area contributed by atoms with Crippen molar-refractivity contribution in [2.75, 3.05) is 21.2 Å². The highest BCUT2D eigenvalue weighted by Crippen LogP contribution is 2.29. The summed E-state index contributed by atoms with van der Waals surface area (Å²) in [5.41, 5.74) is -0.0696. The first-order valence-corrected chi connectivity index (χ1v) is 6.75. The maximum Gasteiger partial charge on any atom is 0.409 e. The molecule has 0 spiro atoms. The summed E-state index contributed by atoms with van der Waals surface area (Å²) in [6.45, 7) is 1.69. The standard InChI is InChI=1S/C15H17N3O6/c1-10-5-6-12(13(7-10)17(20)21)11(9-16(2)3)8-14(18(22)23)15(19)24-4/h5-9H,1-4H3/b11-9-,14-8-. The smallest absolute Gasteiger partial charge is 0.409 e. The van der Waals surface area contributed by atoms with Crippen molar-refractivity contribution < 1.29 is 19.4 Å². The van der Waals surface area contributed by atoms with E-state index in [4.69, 9.17) is 0 Å². The van der Waals surface area contributed by atoms with E-state index < -0.39 is 21.5 Å². The predicted molar refractivity (Wildman–Crippen MR) is 86.6 cm³/mol. The summed E-state index contributed by atoms with van der Waals surface area (Å²) in [6, 6.07) is 4.48. The number of carbonyl (C=O) groups excluding carboxylic acids is 1. The molecule has 1 rings (SSSR count). The second-order valence-electron chi connectivity index (χ2n) is 5.10. The topological polar surface area (TPSA) is 116 Å². The van der Waals surface area contributed by atoms with Crippen molar-refractivity contribution >= 4 is 17.2 Å². The van der Waals surface area contributed by atoms with E-state index in [0.29, 0.717) is 5.56 Å². The van der Waals surface area contributed by atoms with Crippen molar-refractivity contribution in [3.05, 3.63) is 67.5 Å². The largest absolute Gasteiger partial charge is 0.461 e. The Morgan fingerprint density at radius 1 is 1.25 bits per heavy atom. The van der Waals surface area contributed by atoms with Gasteiger partial charge in [-0.05, 0) is 18.6 Å². The lowest BCUT2D eigenvalue weighted by atomic mass is 10.0. The number of nitro benzene ring substituents is 1. The van der Waals surface area contributed by atoms with Crippen LogP contribution >= 0.6 is 0 Å². The molecule has 24 heavy (non-hydrogen) atoms. The van der Waals surface area contributed by atoms with Crippen LogP contribution in [0.4, 0.5) is 5.69 Å². The maximum atomic E-state index is 11.6. The zero-order valence-corrected chi connectivity index (χ0v) is 13.7. The monoisotopic (exact) mass is 335 g/mol. The number of allylic oxidation sites excluding steroid dienone is 2. The van der Waals surface area contributed by atoms with Crippen LogP contribution < -0.4 is 0 Å². The van der Waals surface area contributed by atoms with Gasteiger partial charge < -0.3 is 9.64 Å². The van der Waals surface area contributed by atoms with Crippen LogP contribution in [-0.4, -0.2) is 41.9 Å². The zero-order chi connectivity index (χ0) is 18.4. The molecular formula is C15H17N3O6. The van der Waals surface area contributed by atoms with Crippen molar-refractivity contribution in [1.82, 2.24) is 4.90 Å². The third-order valence-electron chi connectivity index (χ3n) is 2.94. The molecule has 0 fully saturated rings. The van der Waals surface area contributed by atoms with Gasteiger partial charge >= 0.3 is 11.7 Å². The molecule has 0 amide bonds. The van der Waals surface area contributed by atoms with Gasteiger partial charge in [0.2, 0.25) is 0 Å². The van der Waals surface area contributed by atoms with Crippen molar-refractivity contribution in [3.8, 4) is 0 Å². The molecular weight excluding hydrogens is 318 g/mol. The van der Waals surface area contributed by atoms with E-state index in [9.17, 15) is 25.0 Å². The highest BCUT2D eigenvalue weighted by molar-refractivity contribution is 5.91. The number of rotatable bonds is 6. The lowest BCUT2D eigenvalue weighted by Crippen LogP contribution is -2.13. The third-order valence-corrected chi connectivity index (χ3v) is 2.94. The van der Waals surface area contributed by atoms with Crippen LogP contribution in [0, 0.1) is 27.2 Å². The molecule has 0 N–H and O–H groups in total. The van der Waals surface area contributed by atoms with Crippen LogP contribution in [-0.2, 0) is 9.53 Å². The number of hydrogen-bond acceptors (Lipinski definition) is 7. The van der Waals surface area contributed by atoms with Gasteiger partial charge in [-0.3, -0.25) is 20.2 Å². The van der Waals surface area contributed by atoms with E-state index in [1.165, 1.54) is 18.3 Å². The average Bonchev–Trinajstić information content (AvgIpc) is 2.49. The molecule has 0 aliphatic carbocycles. The van der Waals surface area contributed by atoms with E-state index in [1.54, 1.807) is 32.0 Å². The minimum absolute atomic E-state index is 0.142. The summed E-state index contributed by atoms with van der Waals surface area (Å²) in [6.07, 6.45) is 2.41. The first-order valence-electron chi connectivity index (χ1n) is 6.75. The van der Waals surface area contributed by atoms with Gasteiger partial charge in [-0.2, -0.15) is 0 Å². The van der Waals surface area contributed by atoms with Gasteiger partial charge in [-0.15, -0.1) is 0 Å². The molecule has 0 aromatic heterocycles. The molecule has 0 radical (unpaired) electrons. The molecule has 9 nitrogen and oxygen atoms in total. The molecule has 0 unspecified atom stereocenters. The minimum atomic E-state index is -1.14. The van der Waals surface area contributed by atoms with Gasteiger partial charge in [0.25, 0.3) is 5.69 Å².